The number of nitrogens with two attached hydrogens (primary N) is 1. The highest BCUT2D eigenvalue weighted by molar-refractivity contribution is 5.80. The largest absolute Gasteiger partial charge is 0.393 e. The molecule has 0 unspecified atom stereocenters. The molecular formula is C19H25N5. The molecule has 0 radical (unpaired) electrons. The minimum absolute atomic E-state index is 0.484. The van der Waals surface area contributed by atoms with Crippen LogP contribution in [0, 0.1) is 0 Å². The summed E-state index contributed by atoms with van der Waals surface area (Å²) in [5, 5.41) is 3.55. The van der Waals surface area contributed by atoms with Crippen LogP contribution in [0.15, 0.2) is 30.6 Å². The van der Waals surface area contributed by atoms with Crippen molar-refractivity contribution in [3.8, 4) is 0 Å². The van der Waals surface area contributed by atoms with E-state index in [4.69, 9.17) is 5.73 Å². The number of nitrogens with one attached hydrogen (secondary N) is 1. The molecule has 5 heteroatoms. The van der Waals surface area contributed by atoms with Gasteiger partial charge in [0.25, 0.3) is 0 Å². The van der Waals surface area contributed by atoms with E-state index in [1.54, 1.807) is 6.33 Å². The summed E-state index contributed by atoms with van der Waals surface area (Å²) < 4.78 is 0. The van der Waals surface area contributed by atoms with E-state index >= 15 is 0 Å². The quantitative estimate of drug-likeness (QED) is 0.897. The van der Waals surface area contributed by atoms with Gasteiger partial charge in [-0.05, 0) is 37.3 Å². The zero-order valence-corrected chi connectivity index (χ0v) is 14.0. The first-order chi connectivity index (χ1) is 11.8. The number of fused-ring (bicyclic) bond motifs is 1. The number of hydrogen-bond donors (Lipinski definition) is 2. The third kappa shape index (κ3) is 2.90. The zero-order chi connectivity index (χ0) is 16.4. The lowest BCUT2D eigenvalue weighted by molar-refractivity contribution is 0.462. The van der Waals surface area contributed by atoms with E-state index in [1.165, 1.54) is 43.4 Å². The molecule has 1 saturated carbocycles. The summed E-state index contributed by atoms with van der Waals surface area (Å²) in [5.41, 5.74) is 9.71. The Bertz CT molecular complexity index is 709. The van der Waals surface area contributed by atoms with Gasteiger partial charge < -0.3 is 16.0 Å². The Morgan fingerprint density at radius 1 is 1.04 bits per heavy atom. The van der Waals surface area contributed by atoms with Crippen molar-refractivity contribution in [2.45, 2.75) is 51.0 Å². The Hall–Kier alpha value is -2.30. The second-order valence-corrected chi connectivity index (χ2v) is 6.82. The lowest BCUT2D eigenvalue weighted by atomic mass is 9.95. The molecule has 1 aliphatic heterocycles. The van der Waals surface area contributed by atoms with Gasteiger partial charge in [0.15, 0.2) is 11.6 Å². The fourth-order valence-electron chi connectivity index (χ4n) is 3.91. The van der Waals surface area contributed by atoms with Crippen molar-refractivity contribution < 1.29 is 0 Å². The first-order valence-corrected chi connectivity index (χ1v) is 9.05. The lowest BCUT2D eigenvalue weighted by Crippen LogP contribution is -2.28. The van der Waals surface area contributed by atoms with Gasteiger partial charge in [0.1, 0.15) is 12.0 Å². The molecule has 0 amide bonds. The lowest BCUT2D eigenvalue weighted by Gasteiger charge is -2.32. The first-order valence-electron chi connectivity index (χ1n) is 9.05. The third-order valence-corrected chi connectivity index (χ3v) is 5.17. The van der Waals surface area contributed by atoms with Crippen molar-refractivity contribution in [2.24, 2.45) is 0 Å². The van der Waals surface area contributed by atoms with E-state index in [1.807, 2.05) is 0 Å². The fraction of sp³-hybridized carbons (Fsp3) is 0.474. The van der Waals surface area contributed by atoms with Crippen LogP contribution in [0.5, 0.6) is 0 Å². The third-order valence-electron chi connectivity index (χ3n) is 5.17. The number of benzene rings is 1. The van der Waals surface area contributed by atoms with E-state index in [0.29, 0.717) is 11.7 Å². The van der Waals surface area contributed by atoms with E-state index in [-0.39, 0.29) is 0 Å². The molecule has 5 nitrogen and oxygen atoms in total. The highest BCUT2D eigenvalue weighted by Gasteiger charge is 2.23. The SMILES string of the molecule is Nc1c(NC2CCCCC2)ncnc1N1CCCc2ccccc21. The van der Waals surface area contributed by atoms with Crippen LogP contribution in [0.1, 0.15) is 44.1 Å². The van der Waals surface area contributed by atoms with Crippen LogP contribution in [0.3, 0.4) is 0 Å². The van der Waals surface area contributed by atoms with Crippen LogP contribution in [0.2, 0.25) is 0 Å². The minimum atomic E-state index is 0.484. The topological polar surface area (TPSA) is 67.1 Å². The van der Waals surface area contributed by atoms with Crippen molar-refractivity contribution in [3.63, 3.8) is 0 Å². The average Bonchev–Trinajstić information content (AvgIpc) is 2.64. The number of hydrogen-bond acceptors (Lipinski definition) is 5. The van der Waals surface area contributed by atoms with E-state index in [2.05, 4.69) is 44.5 Å². The van der Waals surface area contributed by atoms with Crippen molar-refractivity contribution >= 4 is 23.0 Å². The van der Waals surface area contributed by atoms with Crippen molar-refractivity contribution in [2.75, 3.05) is 22.5 Å². The van der Waals surface area contributed by atoms with E-state index < -0.39 is 0 Å². The number of anilines is 4. The molecule has 2 aliphatic rings. The number of nitrogens with zero attached hydrogens (tertiary/aromatic N) is 3. The standard InChI is InChI=1S/C19H25N5/c20-17-18(23-15-9-2-1-3-10-15)21-13-22-19(17)24-12-6-8-14-7-4-5-11-16(14)24/h4-5,7,11,13,15H,1-3,6,8-10,12,20H2,(H,21,22,23). The monoisotopic (exact) mass is 323 g/mol. The predicted octanol–water partition coefficient (Wildman–Crippen LogP) is 3.89. The molecule has 0 atom stereocenters. The summed E-state index contributed by atoms with van der Waals surface area (Å²) in [6.45, 7) is 0.946. The molecule has 0 saturated heterocycles. The zero-order valence-electron chi connectivity index (χ0n) is 14.0. The number of para-hydroxylation sites is 1. The molecule has 126 valence electrons. The molecule has 0 spiro atoms. The van der Waals surface area contributed by atoms with Gasteiger partial charge in [0, 0.05) is 18.3 Å². The summed E-state index contributed by atoms with van der Waals surface area (Å²) in [6.07, 6.45) is 10.2. The second-order valence-electron chi connectivity index (χ2n) is 6.82. The van der Waals surface area contributed by atoms with Gasteiger partial charge in [-0.1, -0.05) is 37.5 Å². The highest BCUT2D eigenvalue weighted by Crippen LogP contribution is 2.37. The van der Waals surface area contributed by atoms with Crippen molar-refractivity contribution in [1.29, 1.82) is 0 Å². The van der Waals surface area contributed by atoms with Crippen LogP contribution in [0.25, 0.3) is 0 Å². The van der Waals surface area contributed by atoms with Crippen LogP contribution in [0.4, 0.5) is 23.0 Å². The van der Waals surface area contributed by atoms with Gasteiger partial charge in [-0.3, -0.25) is 0 Å². The molecule has 2 heterocycles. The Morgan fingerprint density at radius 2 is 1.88 bits per heavy atom. The molecule has 24 heavy (non-hydrogen) atoms. The maximum Gasteiger partial charge on any atom is 0.161 e. The maximum absolute atomic E-state index is 6.46. The van der Waals surface area contributed by atoms with Crippen LogP contribution >= 0.6 is 0 Å². The number of aromatic nitrogens is 2. The van der Waals surface area contributed by atoms with Gasteiger partial charge in [-0.25, -0.2) is 9.97 Å². The highest BCUT2D eigenvalue weighted by atomic mass is 15.2. The van der Waals surface area contributed by atoms with Crippen LogP contribution < -0.4 is 16.0 Å². The van der Waals surface area contributed by atoms with Gasteiger partial charge in [0.2, 0.25) is 0 Å². The molecule has 1 aliphatic carbocycles. The van der Waals surface area contributed by atoms with Gasteiger partial charge >= 0.3 is 0 Å². The Kier molecular flexibility index (Phi) is 4.24. The Morgan fingerprint density at radius 3 is 2.75 bits per heavy atom. The molecule has 1 aromatic heterocycles. The Labute approximate surface area is 143 Å². The van der Waals surface area contributed by atoms with Crippen LogP contribution in [-0.2, 0) is 6.42 Å². The number of aryl methyl sites for hydroxylation is 1. The second kappa shape index (κ2) is 6.67. The summed E-state index contributed by atoms with van der Waals surface area (Å²) >= 11 is 0. The smallest absolute Gasteiger partial charge is 0.161 e. The molecule has 1 fully saturated rings. The van der Waals surface area contributed by atoms with E-state index in [9.17, 15) is 0 Å². The molecule has 3 N–H and O–H groups in total. The van der Waals surface area contributed by atoms with Gasteiger partial charge in [-0.15, -0.1) is 0 Å². The van der Waals surface area contributed by atoms with E-state index in [0.717, 1.165) is 31.0 Å². The number of rotatable bonds is 3. The van der Waals surface area contributed by atoms with Crippen molar-refractivity contribution in [3.05, 3.63) is 36.2 Å². The molecule has 1 aromatic carbocycles. The summed E-state index contributed by atoms with van der Waals surface area (Å²) in [5.74, 6) is 1.62. The normalized spacial score (nSPS) is 18.2. The predicted molar refractivity (Wildman–Crippen MR) is 98.7 cm³/mol. The molecular weight excluding hydrogens is 298 g/mol. The minimum Gasteiger partial charge on any atom is -0.393 e. The van der Waals surface area contributed by atoms with Crippen LogP contribution in [-0.4, -0.2) is 22.6 Å². The molecule has 0 bridgehead atoms. The molecule has 2 aromatic rings. The summed E-state index contributed by atoms with van der Waals surface area (Å²) in [6, 6.07) is 9.01. The maximum atomic E-state index is 6.46. The number of nitrogen functional groups attached to an aromatic ring is 1. The summed E-state index contributed by atoms with van der Waals surface area (Å²) in [4.78, 5) is 11.2. The van der Waals surface area contributed by atoms with Gasteiger partial charge in [0.05, 0.1) is 0 Å². The molecule has 4 rings (SSSR count). The fourth-order valence-corrected chi connectivity index (χ4v) is 3.91. The van der Waals surface area contributed by atoms with Crippen molar-refractivity contribution in [1.82, 2.24) is 9.97 Å². The summed E-state index contributed by atoms with van der Waals surface area (Å²) in [7, 11) is 0. The average molecular weight is 323 g/mol. The Balaban J connectivity index is 1.63. The van der Waals surface area contributed by atoms with Gasteiger partial charge in [-0.2, -0.15) is 0 Å². The first kappa shape index (κ1) is 15.2.